The molecule has 4 rings (SSSR count). The molecular weight excluding hydrogens is 423 g/mol. The second kappa shape index (κ2) is 9.39. The molecule has 2 amide bonds. The molecule has 2 aromatic heterocycles. The van der Waals surface area contributed by atoms with Gasteiger partial charge in [-0.3, -0.25) is 9.59 Å². The molecule has 0 fully saturated rings. The minimum Gasteiger partial charge on any atom is -0.322 e. The van der Waals surface area contributed by atoms with Crippen LogP contribution >= 0.6 is 0 Å². The van der Waals surface area contributed by atoms with Crippen LogP contribution in [0.5, 0.6) is 0 Å². The molecule has 0 aliphatic carbocycles. The molecule has 0 aliphatic heterocycles. The first kappa shape index (κ1) is 21.8. The number of aromatic nitrogens is 4. The van der Waals surface area contributed by atoms with Crippen LogP contribution in [0, 0.1) is 5.82 Å². The molecule has 4 aromatic rings. The molecular formula is C24H21FN6O2. The lowest BCUT2D eigenvalue weighted by Gasteiger charge is -2.11. The monoisotopic (exact) mass is 444 g/mol. The van der Waals surface area contributed by atoms with E-state index in [1.807, 2.05) is 18.4 Å². The summed E-state index contributed by atoms with van der Waals surface area (Å²) in [5.74, 6) is -0.997. The fraction of sp³-hybridized carbons (Fsp3) is 0.125. The second-order valence-electron chi connectivity index (χ2n) is 7.53. The highest BCUT2D eigenvalue weighted by Crippen LogP contribution is 2.21. The SMILES string of the molecule is CC(C)n1cnnc1-c1cccc(NC(=O)c2cc(NC(=O)c3ccccc3)ccc2F)n1. The van der Waals surface area contributed by atoms with Gasteiger partial charge in [0, 0.05) is 17.3 Å². The van der Waals surface area contributed by atoms with Crippen LogP contribution in [-0.2, 0) is 0 Å². The third-order valence-electron chi connectivity index (χ3n) is 4.85. The smallest absolute Gasteiger partial charge is 0.259 e. The predicted molar refractivity (Wildman–Crippen MR) is 122 cm³/mol. The summed E-state index contributed by atoms with van der Waals surface area (Å²) in [7, 11) is 0. The van der Waals surface area contributed by atoms with Crippen LogP contribution in [0.1, 0.15) is 40.6 Å². The number of rotatable bonds is 6. The van der Waals surface area contributed by atoms with Crippen molar-refractivity contribution in [3.63, 3.8) is 0 Å². The van der Waals surface area contributed by atoms with E-state index >= 15 is 0 Å². The Hall–Kier alpha value is -4.40. The van der Waals surface area contributed by atoms with Gasteiger partial charge in [0.1, 0.15) is 23.7 Å². The third-order valence-corrected chi connectivity index (χ3v) is 4.85. The largest absolute Gasteiger partial charge is 0.322 e. The molecule has 0 saturated carbocycles. The van der Waals surface area contributed by atoms with Crippen molar-refractivity contribution in [2.24, 2.45) is 0 Å². The molecule has 0 saturated heterocycles. The van der Waals surface area contributed by atoms with Gasteiger partial charge in [0.2, 0.25) is 0 Å². The van der Waals surface area contributed by atoms with E-state index in [0.717, 1.165) is 6.07 Å². The highest BCUT2D eigenvalue weighted by Gasteiger charge is 2.16. The number of nitrogens with zero attached hydrogens (tertiary/aromatic N) is 4. The summed E-state index contributed by atoms with van der Waals surface area (Å²) in [6.45, 7) is 3.98. The molecule has 2 aromatic carbocycles. The van der Waals surface area contributed by atoms with Crippen molar-refractivity contribution in [1.82, 2.24) is 19.7 Å². The maximum absolute atomic E-state index is 14.4. The van der Waals surface area contributed by atoms with Crippen molar-refractivity contribution < 1.29 is 14.0 Å². The highest BCUT2D eigenvalue weighted by molar-refractivity contribution is 6.07. The van der Waals surface area contributed by atoms with Crippen molar-refractivity contribution in [2.75, 3.05) is 10.6 Å². The highest BCUT2D eigenvalue weighted by atomic mass is 19.1. The lowest BCUT2D eigenvalue weighted by atomic mass is 10.1. The lowest BCUT2D eigenvalue weighted by Crippen LogP contribution is -2.17. The van der Waals surface area contributed by atoms with Crippen molar-refractivity contribution in [3.8, 4) is 11.5 Å². The number of nitrogens with one attached hydrogen (secondary N) is 2. The normalized spacial score (nSPS) is 10.8. The molecule has 0 bridgehead atoms. The quantitative estimate of drug-likeness (QED) is 0.454. The van der Waals surface area contributed by atoms with Gasteiger partial charge in [0.25, 0.3) is 11.8 Å². The van der Waals surface area contributed by atoms with Crippen LogP contribution in [0.15, 0.2) is 73.1 Å². The second-order valence-corrected chi connectivity index (χ2v) is 7.53. The van der Waals surface area contributed by atoms with E-state index < -0.39 is 11.7 Å². The summed E-state index contributed by atoms with van der Waals surface area (Å²) in [5.41, 5.74) is 1.03. The molecule has 33 heavy (non-hydrogen) atoms. The van der Waals surface area contributed by atoms with Gasteiger partial charge in [0.05, 0.1) is 5.56 Å². The summed E-state index contributed by atoms with van der Waals surface area (Å²) in [6, 6.07) is 17.6. The van der Waals surface area contributed by atoms with Crippen LogP contribution in [0.2, 0.25) is 0 Å². The maximum atomic E-state index is 14.4. The molecule has 0 unspecified atom stereocenters. The van der Waals surface area contributed by atoms with E-state index in [9.17, 15) is 14.0 Å². The van der Waals surface area contributed by atoms with Gasteiger partial charge in [0.15, 0.2) is 5.82 Å². The summed E-state index contributed by atoms with van der Waals surface area (Å²) in [6.07, 6.45) is 1.61. The van der Waals surface area contributed by atoms with E-state index in [4.69, 9.17) is 0 Å². The standard InChI is InChI=1S/C24H21FN6O2/c1-15(2)31-14-26-30-22(31)20-9-6-10-21(28-20)29-24(33)18-13-17(11-12-19(18)25)27-23(32)16-7-4-3-5-8-16/h3-15H,1-2H3,(H,27,32)(H,28,29,33). The third kappa shape index (κ3) is 4.93. The Labute approximate surface area is 189 Å². The minimum absolute atomic E-state index is 0.123. The number of hydrogen-bond donors (Lipinski definition) is 2. The van der Waals surface area contributed by atoms with Gasteiger partial charge in [-0.1, -0.05) is 24.3 Å². The van der Waals surface area contributed by atoms with E-state index in [0.29, 0.717) is 22.8 Å². The van der Waals surface area contributed by atoms with E-state index in [2.05, 4.69) is 25.8 Å². The number of hydrogen-bond acceptors (Lipinski definition) is 5. The van der Waals surface area contributed by atoms with E-state index in [-0.39, 0.29) is 23.3 Å². The Morgan fingerprint density at radius 2 is 1.73 bits per heavy atom. The van der Waals surface area contributed by atoms with Gasteiger partial charge in [-0.25, -0.2) is 9.37 Å². The van der Waals surface area contributed by atoms with E-state index in [1.54, 1.807) is 54.9 Å². The van der Waals surface area contributed by atoms with E-state index in [1.165, 1.54) is 12.1 Å². The van der Waals surface area contributed by atoms with Crippen LogP contribution in [0.4, 0.5) is 15.9 Å². The molecule has 0 spiro atoms. The number of halogens is 1. The van der Waals surface area contributed by atoms with Crippen molar-refractivity contribution >= 4 is 23.3 Å². The lowest BCUT2D eigenvalue weighted by molar-refractivity contribution is 0.101. The van der Waals surface area contributed by atoms with Crippen LogP contribution < -0.4 is 10.6 Å². The average molecular weight is 444 g/mol. The number of amides is 2. The summed E-state index contributed by atoms with van der Waals surface area (Å²) >= 11 is 0. The molecule has 9 heteroatoms. The van der Waals surface area contributed by atoms with Crippen LogP contribution in [-0.4, -0.2) is 31.6 Å². The Balaban J connectivity index is 1.54. The molecule has 8 nitrogen and oxygen atoms in total. The van der Waals surface area contributed by atoms with Crippen molar-refractivity contribution in [2.45, 2.75) is 19.9 Å². The Bertz CT molecular complexity index is 1300. The number of carbonyl (C=O) groups is 2. The first-order chi connectivity index (χ1) is 15.9. The molecule has 2 heterocycles. The first-order valence-electron chi connectivity index (χ1n) is 10.3. The zero-order valence-corrected chi connectivity index (χ0v) is 18.0. The first-order valence-corrected chi connectivity index (χ1v) is 10.3. The molecule has 166 valence electrons. The fourth-order valence-corrected chi connectivity index (χ4v) is 3.19. The Morgan fingerprint density at radius 1 is 0.939 bits per heavy atom. The van der Waals surface area contributed by atoms with Crippen molar-refractivity contribution in [3.05, 3.63) is 90.0 Å². The minimum atomic E-state index is -0.721. The molecule has 0 aliphatic rings. The fourth-order valence-electron chi connectivity index (χ4n) is 3.19. The van der Waals surface area contributed by atoms with Gasteiger partial charge in [-0.05, 0) is 56.3 Å². The number of pyridine rings is 1. The Morgan fingerprint density at radius 3 is 2.48 bits per heavy atom. The molecule has 2 N–H and O–H groups in total. The Kier molecular flexibility index (Phi) is 6.21. The van der Waals surface area contributed by atoms with Gasteiger partial charge < -0.3 is 15.2 Å². The van der Waals surface area contributed by atoms with Crippen molar-refractivity contribution in [1.29, 1.82) is 0 Å². The number of anilines is 2. The topological polar surface area (TPSA) is 102 Å². The zero-order chi connectivity index (χ0) is 23.4. The summed E-state index contributed by atoms with van der Waals surface area (Å²) < 4.78 is 16.3. The summed E-state index contributed by atoms with van der Waals surface area (Å²) in [4.78, 5) is 29.6. The zero-order valence-electron chi connectivity index (χ0n) is 18.0. The van der Waals surface area contributed by atoms with Crippen LogP contribution in [0.25, 0.3) is 11.5 Å². The van der Waals surface area contributed by atoms with Crippen LogP contribution in [0.3, 0.4) is 0 Å². The van der Waals surface area contributed by atoms with Gasteiger partial charge in [-0.15, -0.1) is 10.2 Å². The number of benzene rings is 2. The molecule has 0 radical (unpaired) electrons. The van der Waals surface area contributed by atoms with Gasteiger partial charge >= 0.3 is 0 Å². The molecule has 0 atom stereocenters. The average Bonchev–Trinajstić information content (AvgIpc) is 3.31. The van der Waals surface area contributed by atoms with Gasteiger partial charge in [-0.2, -0.15) is 0 Å². The summed E-state index contributed by atoms with van der Waals surface area (Å²) in [5, 5.41) is 13.3. The number of carbonyl (C=O) groups excluding carboxylic acids is 2. The predicted octanol–water partition coefficient (Wildman–Crippen LogP) is 4.56. The maximum Gasteiger partial charge on any atom is 0.259 e.